The molecule has 0 unspecified atom stereocenters. The Balaban J connectivity index is -0.000000500. The van der Waals surface area contributed by atoms with Crippen LogP contribution in [0.25, 0.3) is 0 Å². The number of halogens is 1. The minimum absolute atomic E-state index is 0. The van der Waals surface area contributed by atoms with Crippen molar-refractivity contribution in [1.82, 2.24) is 0 Å². The second-order valence-corrected chi connectivity index (χ2v) is 7.46. The summed E-state index contributed by atoms with van der Waals surface area (Å²) in [5.41, 5.74) is 0. The second kappa shape index (κ2) is 12.0. The van der Waals surface area contributed by atoms with Gasteiger partial charge in [0, 0.05) is 0 Å². The predicted molar refractivity (Wildman–Crippen MR) is 58.5 cm³/mol. The molecule has 0 aliphatic rings. The standard InChI is InChI=1S/C9H19OSi.Ba.HI/c1-5-9-10-11(6-2,7-3)8-4;;/h5,9H,1,6-8H2,2-4H3;;1H/q-1;+2;/p-1. The number of rotatable bonds is 5. The van der Waals surface area contributed by atoms with Crippen molar-refractivity contribution >= 4 is 57.2 Å². The van der Waals surface area contributed by atoms with Gasteiger partial charge >= 0.3 is 48.9 Å². The van der Waals surface area contributed by atoms with E-state index >= 15 is 0 Å². The fraction of sp³-hybridized carbons (Fsp3) is 0.667. The van der Waals surface area contributed by atoms with Crippen LogP contribution in [0.5, 0.6) is 0 Å². The van der Waals surface area contributed by atoms with Crippen LogP contribution < -0.4 is 24.0 Å². The molecule has 74 valence electrons. The van der Waals surface area contributed by atoms with Crippen molar-refractivity contribution < 1.29 is 28.4 Å². The van der Waals surface area contributed by atoms with Gasteiger partial charge in [0.1, 0.15) is 0 Å². The molecule has 0 heterocycles. The number of hydrogen-bond donors (Lipinski definition) is 0. The molecule has 0 atom stereocenters. The van der Waals surface area contributed by atoms with Crippen LogP contribution in [0.4, 0.5) is 0 Å². The molecular weight excluding hydrogens is 416 g/mol. The van der Waals surface area contributed by atoms with E-state index in [-0.39, 0.29) is 72.9 Å². The van der Waals surface area contributed by atoms with Gasteiger partial charge in [-0.2, -0.15) is 6.08 Å². The van der Waals surface area contributed by atoms with Crippen molar-refractivity contribution in [2.75, 3.05) is 0 Å². The van der Waals surface area contributed by atoms with Crippen molar-refractivity contribution in [3.8, 4) is 0 Å². The van der Waals surface area contributed by atoms with Gasteiger partial charge in [0.05, 0.1) is 0 Å². The minimum atomic E-state index is -1.37. The Kier molecular flexibility index (Phi) is 18.8. The molecule has 1 nitrogen and oxygen atoms in total. The SMILES string of the molecule is [Ba+2].[CH2-]C=CO[Si](CC)(CC)CC.[I-]. The smallest absolute Gasteiger partial charge is 1.00 e. The first-order chi connectivity index (χ1) is 5.24. The van der Waals surface area contributed by atoms with E-state index < -0.39 is 8.32 Å². The summed E-state index contributed by atoms with van der Waals surface area (Å²) in [6.07, 6.45) is 3.48. The third-order valence-electron chi connectivity index (χ3n) is 2.35. The summed E-state index contributed by atoms with van der Waals surface area (Å²) in [5, 5.41) is 0. The Labute approximate surface area is 141 Å². The first kappa shape index (κ1) is 20.4. The number of hydrogen-bond acceptors (Lipinski definition) is 1. The van der Waals surface area contributed by atoms with Gasteiger partial charge in [-0.15, -0.1) is 0 Å². The van der Waals surface area contributed by atoms with E-state index in [1.165, 1.54) is 18.1 Å². The third-order valence-corrected chi connectivity index (χ3v) is 6.85. The van der Waals surface area contributed by atoms with Crippen LogP contribution in [0.1, 0.15) is 20.8 Å². The van der Waals surface area contributed by atoms with E-state index in [0.29, 0.717) is 0 Å². The maximum absolute atomic E-state index is 5.72. The maximum Gasteiger partial charge on any atom is 2.00 e. The van der Waals surface area contributed by atoms with E-state index in [1.807, 2.05) is 0 Å². The fourth-order valence-corrected chi connectivity index (χ4v) is 3.58. The molecule has 0 aliphatic carbocycles. The van der Waals surface area contributed by atoms with E-state index in [2.05, 4.69) is 27.7 Å². The molecule has 0 spiro atoms. The monoisotopic (exact) mass is 436 g/mol. The Morgan fingerprint density at radius 2 is 1.54 bits per heavy atom. The summed E-state index contributed by atoms with van der Waals surface area (Å²) in [7, 11) is -1.37. The topological polar surface area (TPSA) is 9.23 Å². The van der Waals surface area contributed by atoms with E-state index in [4.69, 9.17) is 4.43 Å². The second-order valence-electron chi connectivity index (χ2n) is 2.73. The van der Waals surface area contributed by atoms with Gasteiger partial charge in [-0.25, -0.2) is 6.92 Å². The Hall–Kier alpha value is 1.93. The molecule has 0 bridgehead atoms. The first-order valence-corrected chi connectivity index (χ1v) is 6.89. The van der Waals surface area contributed by atoms with Crippen LogP contribution in [-0.2, 0) is 4.43 Å². The third kappa shape index (κ3) is 7.81. The molecule has 0 saturated heterocycles. The van der Waals surface area contributed by atoms with Crippen molar-refractivity contribution in [3.05, 3.63) is 19.3 Å². The van der Waals surface area contributed by atoms with Crippen LogP contribution in [0, 0.1) is 6.92 Å². The molecule has 0 saturated carbocycles. The Morgan fingerprint density at radius 1 is 1.15 bits per heavy atom. The molecule has 0 aromatic heterocycles. The molecule has 0 fully saturated rings. The van der Waals surface area contributed by atoms with Crippen LogP contribution in [0.2, 0.25) is 18.1 Å². The van der Waals surface area contributed by atoms with E-state index in [0.717, 1.165) is 0 Å². The van der Waals surface area contributed by atoms with Crippen molar-refractivity contribution in [3.63, 3.8) is 0 Å². The number of allylic oxidation sites excluding steroid dienone is 1. The van der Waals surface area contributed by atoms with Crippen molar-refractivity contribution in [2.24, 2.45) is 0 Å². The van der Waals surface area contributed by atoms with Gasteiger partial charge in [0.25, 0.3) is 0 Å². The predicted octanol–water partition coefficient (Wildman–Crippen LogP) is -0.0208. The average molecular weight is 436 g/mol. The average Bonchev–Trinajstić information content (AvgIpc) is 2.08. The molecule has 0 rings (SSSR count). The van der Waals surface area contributed by atoms with Crippen molar-refractivity contribution in [2.45, 2.75) is 38.9 Å². The molecule has 13 heavy (non-hydrogen) atoms. The molecule has 0 aromatic rings. The summed E-state index contributed by atoms with van der Waals surface area (Å²) in [6.45, 7) is 10.3. The molecule has 0 amide bonds. The van der Waals surface area contributed by atoms with Crippen LogP contribution in [0.15, 0.2) is 12.3 Å². The largest absolute Gasteiger partial charge is 2.00 e. The van der Waals surface area contributed by atoms with Crippen LogP contribution >= 0.6 is 0 Å². The Morgan fingerprint density at radius 3 is 1.77 bits per heavy atom. The van der Waals surface area contributed by atoms with Gasteiger partial charge in [0.15, 0.2) is 0 Å². The van der Waals surface area contributed by atoms with Crippen LogP contribution in [0.3, 0.4) is 0 Å². The maximum atomic E-state index is 5.72. The van der Waals surface area contributed by atoms with Gasteiger partial charge < -0.3 is 28.4 Å². The summed E-state index contributed by atoms with van der Waals surface area (Å²) in [4.78, 5) is 0. The van der Waals surface area contributed by atoms with Gasteiger partial charge in [-0.05, 0) is 18.1 Å². The van der Waals surface area contributed by atoms with E-state index in [9.17, 15) is 0 Å². The zero-order valence-corrected chi connectivity index (χ0v) is 16.6. The van der Waals surface area contributed by atoms with Gasteiger partial charge in [-0.3, -0.25) is 0 Å². The normalized spacial score (nSPS) is 10.4. The van der Waals surface area contributed by atoms with Gasteiger partial charge in [-0.1, -0.05) is 27.0 Å². The summed E-state index contributed by atoms with van der Waals surface area (Å²) >= 11 is 0. The molecule has 4 heteroatoms. The minimum Gasteiger partial charge on any atom is -1.00 e. The zero-order chi connectivity index (χ0) is 8.74. The molecule has 0 N–H and O–H groups in total. The molecular formula is C9H19BaIOSi. The van der Waals surface area contributed by atoms with Crippen LogP contribution in [-0.4, -0.2) is 57.2 Å². The molecule has 0 radical (unpaired) electrons. The first-order valence-electron chi connectivity index (χ1n) is 4.36. The quantitative estimate of drug-likeness (QED) is 0.255. The summed E-state index contributed by atoms with van der Waals surface area (Å²) < 4.78 is 5.72. The summed E-state index contributed by atoms with van der Waals surface area (Å²) in [5.74, 6) is 0. The fourth-order valence-electron chi connectivity index (χ4n) is 1.19. The summed E-state index contributed by atoms with van der Waals surface area (Å²) in [6, 6.07) is 3.60. The molecule has 0 aliphatic heterocycles. The molecule has 0 aromatic carbocycles. The van der Waals surface area contributed by atoms with E-state index in [1.54, 1.807) is 12.3 Å². The zero-order valence-electron chi connectivity index (χ0n) is 8.98. The van der Waals surface area contributed by atoms with Crippen molar-refractivity contribution in [1.29, 1.82) is 0 Å². The van der Waals surface area contributed by atoms with Gasteiger partial charge in [0.2, 0.25) is 8.32 Å². The Bertz CT molecular complexity index is 119.